The molecule has 0 saturated carbocycles. The molecular weight excluding hydrogens is 271 g/mol. The van der Waals surface area contributed by atoms with Gasteiger partial charge in [0.15, 0.2) is 0 Å². The van der Waals surface area contributed by atoms with Gasteiger partial charge >= 0.3 is 0 Å². The molecule has 1 aromatic heterocycles. The lowest BCUT2D eigenvalue weighted by Gasteiger charge is -2.07. The van der Waals surface area contributed by atoms with Crippen LogP contribution in [-0.2, 0) is 16.6 Å². The average molecular weight is 284 g/mol. The minimum absolute atomic E-state index is 0.0117. The molecule has 1 aromatic carbocycles. The highest BCUT2D eigenvalue weighted by atomic mass is 32.2. The van der Waals surface area contributed by atoms with Gasteiger partial charge in [-0.25, -0.2) is 17.5 Å². The van der Waals surface area contributed by atoms with E-state index in [2.05, 4.69) is 9.88 Å². The van der Waals surface area contributed by atoms with E-state index in [-0.39, 0.29) is 11.4 Å². The second kappa shape index (κ2) is 5.10. The van der Waals surface area contributed by atoms with Crippen LogP contribution in [0.3, 0.4) is 0 Å². The van der Waals surface area contributed by atoms with Gasteiger partial charge in [0, 0.05) is 12.1 Å². The molecular formula is C12H13FN2O3S. The van der Waals surface area contributed by atoms with E-state index in [0.29, 0.717) is 17.0 Å². The van der Waals surface area contributed by atoms with E-state index in [1.165, 1.54) is 18.2 Å². The Balaban J connectivity index is 2.22. The topological polar surface area (TPSA) is 72.2 Å². The first-order valence-electron chi connectivity index (χ1n) is 5.58. The number of nitrogens with one attached hydrogen (secondary N) is 1. The number of hydrogen-bond donors (Lipinski definition) is 1. The molecule has 7 heteroatoms. The lowest BCUT2D eigenvalue weighted by molar-refractivity contribution is 0.392. The Labute approximate surface area is 110 Å². The SMILES string of the molecule is Cc1noc(C)c1CNS(=O)(=O)c1ccccc1F. The standard InChI is InChI=1S/C12H13FN2O3S/c1-8-10(9(2)18-15-8)7-14-19(16,17)12-6-4-3-5-11(12)13/h3-6,14H,7H2,1-2H3. The van der Waals surface area contributed by atoms with Crippen molar-refractivity contribution in [2.24, 2.45) is 0 Å². The Morgan fingerprint density at radius 3 is 2.58 bits per heavy atom. The molecule has 1 heterocycles. The molecule has 0 radical (unpaired) electrons. The molecule has 19 heavy (non-hydrogen) atoms. The van der Waals surface area contributed by atoms with Gasteiger partial charge in [0.1, 0.15) is 16.5 Å². The first kappa shape index (κ1) is 13.7. The molecule has 102 valence electrons. The smallest absolute Gasteiger partial charge is 0.243 e. The van der Waals surface area contributed by atoms with E-state index in [9.17, 15) is 12.8 Å². The van der Waals surface area contributed by atoms with Crippen molar-refractivity contribution in [1.82, 2.24) is 9.88 Å². The molecule has 0 bridgehead atoms. The molecule has 0 spiro atoms. The number of halogens is 1. The van der Waals surface area contributed by atoms with Crippen molar-refractivity contribution in [3.05, 3.63) is 47.1 Å². The molecule has 2 aromatic rings. The van der Waals surface area contributed by atoms with Gasteiger partial charge in [0.2, 0.25) is 10.0 Å². The fourth-order valence-corrected chi connectivity index (χ4v) is 2.73. The third kappa shape index (κ3) is 2.82. The van der Waals surface area contributed by atoms with Crippen LogP contribution in [-0.4, -0.2) is 13.6 Å². The summed E-state index contributed by atoms with van der Waals surface area (Å²) in [7, 11) is -3.89. The zero-order chi connectivity index (χ0) is 14.0. The first-order chi connectivity index (χ1) is 8.92. The fraction of sp³-hybridized carbons (Fsp3) is 0.250. The highest BCUT2D eigenvalue weighted by molar-refractivity contribution is 7.89. The third-order valence-electron chi connectivity index (χ3n) is 2.75. The fourth-order valence-electron chi connectivity index (χ4n) is 1.66. The van der Waals surface area contributed by atoms with Gasteiger partial charge in [-0.1, -0.05) is 17.3 Å². The van der Waals surface area contributed by atoms with Crippen molar-refractivity contribution < 1.29 is 17.3 Å². The van der Waals surface area contributed by atoms with Crippen LogP contribution in [0.1, 0.15) is 17.0 Å². The predicted molar refractivity (Wildman–Crippen MR) is 66.4 cm³/mol. The Hall–Kier alpha value is -1.73. The van der Waals surface area contributed by atoms with Crippen molar-refractivity contribution in [2.75, 3.05) is 0 Å². The summed E-state index contributed by atoms with van der Waals surface area (Å²) in [6.45, 7) is 3.41. The molecule has 0 aliphatic rings. The van der Waals surface area contributed by atoms with Crippen molar-refractivity contribution >= 4 is 10.0 Å². The lowest BCUT2D eigenvalue weighted by Crippen LogP contribution is -2.24. The van der Waals surface area contributed by atoms with E-state index in [1.807, 2.05) is 0 Å². The van der Waals surface area contributed by atoms with Crippen molar-refractivity contribution in [3.63, 3.8) is 0 Å². The van der Waals surface area contributed by atoms with Crippen molar-refractivity contribution in [2.45, 2.75) is 25.3 Å². The van der Waals surface area contributed by atoms with Crippen LogP contribution in [0.5, 0.6) is 0 Å². The Morgan fingerprint density at radius 1 is 1.32 bits per heavy atom. The van der Waals surface area contributed by atoms with Crippen LogP contribution in [0.25, 0.3) is 0 Å². The van der Waals surface area contributed by atoms with E-state index < -0.39 is 15.8 Å². The minimum Gasteiger partial charge on any atom is -0.361 e. The van der Waals surface area contributed by atoms with Crippen LogP contribution in [0.4, 0.5) is 4.39 Å². The molecule has 2 rings (SSSR count). The van der Waals surface area contributed by atoms with Gasteiger partial charge < -0.3 is 4.52 Å². The molecule has 0 aliphatic heterocycles. The van der Waals surface area contributed by atoms with Crippen molar-refractivity contribution in [1.29, 1.82) is 0 Å². The Kier molecular flexibility index (Phi) is 3.68. The summed E-state index contributed by atoms with van der Waals surface area (Å²) in [5.41, 5.74) is 1.26. The predicted octanol–water partition coefficient (Wildman–Crippen LogP) is 1.91. The summed E-state index contributed by atoms with van der Waals surface area (Å²) in [4.78, 5) is -0.373. The highest BCUT2D eigenvalue weighted by Gasteiger charge is 2.19. The van der Waals surface area contributed by atoms with Gasteiger partial charge in [0.25, 0.3) is 0 Å². The molecule has 0 amide bonds. The van der Waals surface area contributed by atoms with Crippen LogP contribution in [0.15, 0.2) is 33.7 Å². The van der Waals surface area contributed by atoms with Crippen LogP contribution in [0.2, 0.25) is 0 Å². The first-order valence-corrected chi connectivity index (χ1v) is 7.06. The monoisotopic (exact) mass is 284 g/mol. The molecule has 0 saturated heterocycles. The zero-order valence-corrected chi connectivity index (χ0v) is 11.3. The number of aromatic nitrogens is 1. The minimum atomic E-state index is -3.89. The summed E-state index contributed by atoms with van der Waals surface area (Å²) in [5.74, 6) is -0.248. The van der Waals surface area contributed by atoms with Gasteiger partial charge in [-0.3, -0.25) is 0 Å². The normalized spacial score (nSPS) is 11.7. The van der Waals surface area contributed by atoms with Gasteiger partial charge in [0.05, 0.1) is 5.69 Å². The van der Waals surface area contributed by atoms with E-state index in [1.54, 1.807) is 13.8 Å². The number of nitrogens with zero attached hydrogens (tertiary/aromatic N) is 1. The molecule has 0 fully saturated rings. The van der Waals surface area contributed by atoms with Gasteiger partial charge in [-0.15, -0.1) is 0 Å². The van der Waals surface area contributed by atoms with Crippen molar-refractivity contribution in [3.8, 4) is 0 Å². The van der Waals surface area contributed by atoms with E-state index in [4.69, 9.17) is 4.52 Å². The maximum absolute atomic E-state index is 13.5. The zero-order valence-electron chi connectivity index (χ0n) is 10.5. The van der Waals surface area contributed by atoms with Gasteiger partial charge in [-0.05, 0) is 26.0 Å². The maximum atomic E-state index is 13.5. The van der Waals surface area contributed by atoms with E-state index in [0.717, 1.165) is 6.07 Å². The quantitative estimate of drug-likeness (QED) is 0.931. The van der Waals surface area contributed by atoms with Crippen LogP contribution >= 0.6 is 0 Å². The largest absolute Gasteiger partial charge is 0.361 e. The number of sulfonamides is 1. The molecule has 0 unspecified atom stereocenters. The van der Waals surface area contributed by atoms with Crippen LogP contribution < -0.4 is 4.72 Å². The third-order valence-corrected chi connectivity index (χ3v) is 4.18. The number of rotatable bonds is 4. The van der Waals surface area contributed by atoms with Crippen LogP contribution in [0, 0.1) is 19.7 Å². The average Bonchev–Trinajstić information content (AvgIpc) is 2.67. The van der Waals surface area contributed by atoms with Gasteiger partial charge in [-0.2, -0.15) is 0 Å². The Bertz CT molecular complexity index is 675. The lowest BCUT2D eigenvalue weighted by atomic mass is 10.2. The number of benzene rings is 1. The second-order valence-corrected chi connectivity index (χ2v) is 5.79. The Morgan fingerprint density at radius 2 is 2.00 bits per heavy atom. The molecule has 0 aliphatic carbocycles. The molecule has 5 nitrogen and oxygen atoms in total. The maximum Gasteiger partial charge on any atom is 0.243 e. The highest BCUT2D eigenvalue weighted by Crippen LogP contribution is 2.16. The van der Waals surface area contributed by atoms with E-state index >= 15 is 0 Å². The summed E-state index contributed by atoms with van der Waals surface area (Å²) in [6.07, 6.45) is 0. The summed E-state index contributed by atoms with van der Waals surface area (Å²) in [6, 6.07) is 5.21. The molecule has 0 atom stereocenters. The summed E-state index contributed by atoms with van der Waals surface area (Å²) >= 11 is 0. The summed E-state index contributed by atoms with van der Waals surface area (Å²) in [5, 5.41) is 3.72. The number of aryl methyl sites for hydroxylation is 2. The number of hydrogen-bond acceptors (Lipinski definition) is 4. The summed E-state index contributed by atoms with van der Waals surface area (Å²) < 4.78 is 44.7. The second-order valence-electron chi connectivity index (χ2n) is 4.06. The molecule has 1 N–H and O–H groups in total.